The summed E-state index contributed by atoms with van der Waals surface area (Å²) in [6.07, 6.45) is 2.71. The van der Waals surface area contributed by atoms with Crippen LogP contribution in [-0.2, 0) is 9.53 Å². The van der Waals surface area contributed by atoms with Crippen LogP contribution in [0.5, 0.6) is 11.5 Å². The van der Waals surface area contributed by atoms with Crippen LogP contribution in [0, 0.1) is 3.57 Å². The van der Waals surface area contributed by atoms with Gasteiger partial charge in [-0.25, -0.2) is 9.79 Å². The minimum atomic E-state index is -0.377. The third-order valence-electron chi connectivity index (χ3n) is 4.34. The van der Waals surface area contributed by atoms with Gasteiger partial charge in [0.25, 0.3) is 5.91 Å². The zero-order valence-electron chi connectivity index (χ0n) is 18.6. The predicted molar refractivity (Wildman–Crippen MR) is 139 cm³/mol. The molecule has 1 N–H and O–H groups in total. The minimum Gasteiger partial charge on any atom is -0.490 e. The standard InChI is InChI=1S/C24H25IN2O5S/c1-4-11-32-21-18(25)12-15(13-19(21)30-5-2)14-20-22(28)27-24(33-20)26-17-9-7-16(8-10-17)23(29)31-6-3/h7-10,12-14H,4-6,11H2,1-3H3,(H,26,27,28)/b20-14+. The number of hydrogen-bond donors (Lipinski definition) is 1. The lowest BCUT2D eigenvalue weighted by Gasteiger charge is -2.14. The Morgan fingerprint density at radius 1 is 1.12 bits per heavy atom. The van der Waals surface area contributed by atoms with Gasteiger partial charge in [-0.1, -0.05) is 6.92 Å². The van der Waals surface area contributed by atoms with E-state index in [-0.39, 0.29) is 11.9 Å². The van der Waals surface area contributed by atoms with E-state index < -0.39 is 0 Å². The summed E-state index contributed by atoms with van der Waals surface area (Å²) in [4.78, 5) is 29.3. The molecule has 2 aromatic carbocycles. The number of amidine groups is 1. The Hall–Kier alpha value is -2.53. The molecule has 33 heavy (non-hydrogen) atoms. The number of benzene rings is 2. The molecule has 0 spiro atoms. The molecule has 1 amide bonds. The van der Waals surface area contributed by atoms with Gasteiger partial charge in [-0.2, -0.15) is 0 Å². The Kier molecular flexibility index (Phi) is 9.19. The summed E-state index contributed by atoms with van der Waals surface area (Å²) in [5.41, 5.74) is 1.91. The minimum absolute atomic E-state index is 0.221. The number of carbonyl (C=O) groups is 2. The molecular formula is C24H25IN2O5S. The maximum absolute atomic E-state index is 12.5. The number of hydrogen-bond acceptors (Lipinski definition) is 7. The topological polar surface area (TPSA) is 86.2 Å². The lowest BCUT2D eigenvalue weighted by Crippen LogP contribution is -2.19. The van der Waals surface area contributed by atoms with Gasteiger partial charge in [0.2, 0.25) is 0 Å². The van der Waals surface area contributed by atoms with Gasteiger partial charge in [0, 0.05) is 0 Å². The Labute approximate surface area is 211 Å². The maximum Gasteiger partial charge on any atom is 0.338 e. The first-order valence-corrected chi connectivity index (χ1v) is 12.5. The lowest BCUT2D eigenvalue weighted by atomic mass is 10.2. The maximum atomic E-state index is 12.5. The molecule has 0 bridgehead atoms. The molecule has 0 unspecified atom stereocenters. The first-order chi connectivity index (χ1) is 15.9. The van der Waals surface area contributed by atoms with Crippen LogP contribution in [0.4, 0.5) is 5.69 Å². The molecule has 9 heteroatoms. The van der Waals surface area contributed by atoms with E-state index in [9.17, 15) is 9.59 Å². The van der Waals surface area contributed by atoms with E-state index in [1.165, 1.54) is 11.8 Å². The normalized spacial score (nSPS) is 15.6. The Bertz CT molecular complexity index is 1080. The highest BCUT2D eigenvalue weighted by Crippen LogP contribution is 2.36. The first-order valence-electron chi connectivity index (χ1n) is 10.6. The number of esters is 1. The summed E-state index contributed by atoms with van der Waals surface area (Å²) >= 11 is 3.47. The molecule has 1 aliphatic rings. The molecule has 0 atom stereocenters. The molecule has 1 heterocycles. The van der Waals surface area contributed by atoms with E-state index >= 15 is 0 Å². The van der Waals surface area contributed by atoms with Crippen molar-refractivity contribution in [3.63, 3.8) is 0 Å². The molecule has 1 fully saturated rings. The zero-order chi connectivity index (χ0) is 23.8. The van der Waals surface area contributed by atoms with Crippen LogP contribution in [0.25, 0.3) is 6.08 Å². The van der Waals surface area contributed by atoms with E-state index in [1.807, 2.05) is 19.1 Å². The average molecular weight is 580 g/mol. The van der Waals surface area contributed by atoms with Gasteiger partial charge >= 0.3 is 5.97 Å². The van der Waals surface area contributed by atoms with E-state index in [0.717, 1.165) is 21.3 Å². The van der Waals surface area contributed by atoms with Crippen molar-refractivity contribution in [3.05, 3.63) is 56.0 Å². The van der Waals surface area contributed by atoms with Crippen LogP contribution in [0.15, 0.2) is 46.3 Å². The molecule has 0 radical (unpaired) electrons. The number of ether oxygens (including phenoxy) is 3. The van der Waals surface area contributed by atoms with Gasteiger partial charge in [0.05, 0.1) is 39.5 Å². The van der Waals surface area contributed by atoms with E-state index in [2.05, 4.69) is 39.8 Å². The highest BCUT2D eigenvalue weighted by Gasteiger charge is 2.24. The summed E-state index contributed by atoms with van der Waals surface area (Å²) in [5, 5.41) is 3.25. The molecule has 7 nitrogen and oxygen atoms in total. The fraction of sp³-hybridized carbons (Fsp3) is 0.292. The van der Waals surface area contributed by atoms with E-state index in [1.54, 1.807) is 37.3 Å². The Balaban J connectivity index is 1.79. The molecule has 0 saturated carbocycles. The summed E-state index contributed by atoms with van der Waals surface area (Å²) in [7, 11) is 0. The molecule has 1 saturated heterocycles. The monoisotopic (exact) mass is 580 g/mol. The second-order valence-electron chi connectivity index (χ2n) is 6.86. The number of amides is 1. The molecular weight excluding hydrogens is 555 g/mol. The summed E-state index contributed by atoms with van der Waals surface area (Å²) in [6, 6.07) is 10.5. The van der Waals surface area contributed by atoms with Gasteiger partial charge in [-0.05, 0) is 103 Å². The summed E-state index contributed by atoms with van der Waals surface area (Å²) in [6.45, 7) is 7.17. The van der Waals surface area contributed by atoms with Crippen LogP contribution >= 0.6 is 34.4 Å². The highest BCUT2D eigenvalue weighted by atomic mass is 127. The Morgan fingerprint density at radius 3 is 2.55 bits per heavy atom. The largest absolute Gasteiger partial charge is 0.490 e. The number of carbonyl (C=O) groups excluding carboxylic acids is 2. The SMILES string of the molecule is CCCOc1c(I)cc(/C=C2/SC(=Nc3ccc(C(=O)OCC)cc3)NC2=O)cc1OCC. The number of nitrogens with one attached hydrogen (secondary N) is 1. The summed E-state index contributed by atoms with van der Waals surface area (Å²) in [5.74, 6) is 0.779. The van der Waals surface area contributed by atoms with Crippen molar-refractivity contribution < 1.29 is 23.8 Å². The molecule has 0 aliphatic carbocycles. The quantitative estimate of drug-likeness (QED) is 0.238. The third kappa shape index (κ3) is 6.73. The second kappa shape index (κ2) is 12.1. The Morgan fingerprint density at radius 2 is 1.88 bits per heavy atom. The molecule has 2 aromatic rings. The van der Waals surface area contributed by atoms with Gasteiger partial charge in [0.15, 0.2) is 16.7 Å². The van der Waals surface area contributed by atoms with Crippen molar-refractivity contribution in [1.82, 2.24) is 5.32 Å². The molecule has 0 aromatic heterocycles. The van der Waals surface area contributed by atoms with Crippen molar-refractivity contribution in [2.45, 2.75) is 27.2 Å². The predicted octanol–water partition coefficient (Wildman–Crippen LogP) is 5.55. The van der Waals surface area contributed by atoms with Crippen LogP contribution in [0.1, 0.15) is 43.1 Å². The number of nitrogens with zero attached hydrogens (tertiary/aromatic N) is 1. The third-order valence-corrected chi connectivity index (χ3v) is 6.05. The lowest BCUT2D eigenvalue weighted by molar-refractivity contribution is -0.115. The second-order valence-corrected chi connectivity index (χ2v) is 9.05. The molecule has 1 aliphatic heterocycles. The number of aliphatic imine (C=N–C) groups is 1. The summed E-state index contributed by atoms with van der Waals surface area (Å²) < 4.78 is 17.5. The van der Waals surface area contributed by atoms with Crippen molar-refractivity contribution in [3.8, 4) is 11.5 Å². The van der Waals surface area contributed by atoms with Gasteiger partial charge in [0.1, 0.15) is 0 Å². The van der Waals surface area contributed by atoms with E-state index in [0.29, 0.717) is 46.9 Å². The number of thioether (sulfide) groups is 1. The van der Waals surface area contributed by atoms with Crippen molar-refractivity contribution in [2.75, 3.05) is 19.8 Å². The van der Waals surface area contributed by atoms with Crippen LogP contribution < -0.4 is 14.8 Å². The van der Waals surface area contributed by atoms with Crippen molar-refractivity contribution in [2.24, 2.45) is 4.99 Å². The fourth-order valence-corrected chi connectivity index (χ4v) is 4.54. The van der Waals surface area contributed by atoms with Crippen LogP contribution in [-0.4, -0.2) is 36.9 Å². The smallest absolute Gasteiger partial charge is 0.338 e. The fourth-order valence-electron chi connectivity index (χ4n) is 2.91. The average Bonchev–Trinajstić information content (AvgIpc) is 3.12. The number of rotatable bonds is 9. The number of halogens is 1. The van der Waals surface area contributed by atoms with Crippen molar-refractivity contribution >= 4 is 63.2 Å². The first kappa shape index (κ1) is 25.1. The van der Waals surface area contributed by atoms with E-state index in [4.69, 9.17) is 14.2 Å². The zero-order valence-corrected chi connectivity index (χ0v) is 21.6. The van der Waals surface area contributed by atoms with Crippen LogP contribution in [0.2, 0.25) is 0 Å². The highest BCUT2D eigenvalue weighted by molar-refractivity contribution is 14.1. The van der Waals surface area contributed by atoms with Gasteiger partial charge in [-0.3, -0.25) is 4.79 Å². The van der Waals surface area contributed by atoms with Crippen LogP contribution in [0.3, 0.4) is 0 Å². The van der Waals surface area contributed by atoms with Gasteiger partial charge < -0.3 is 19.5 Å². The van der Waals surface area contributed by atoms with Gasteiger partial charge in [-0.15, -0.1) is 0 Å². The molecule has 3 rings (SSSR count). The molecule has 174 valence electrons. The van der Waals surface area contributed by atoms with Crippen molar-refractivity contribution in [1.29, 1.82) is 0 Å².